The quantitative estimate of drug-likeness (QED) is 0.166. The van der Waals surface area contributed by atoms with Gasteiger partial charge in [-0.05, 0) is 35.7 Å². The second-order valence-electron chi connectivity index (χ2n) is 6.89. The fraction of sp³-hybridized carbons (Fsp3) is 0. The topological polar surface area (TPSA) is 51.8 Å². The van der Waals surface area contributed by atoms with Crippen molar-refractivity contribution in [1.82, 2.24) is 15.0 Å². The van der Waals surface area contributed by atoms with Gasteiger partial charge >= 0.3 is 0 Å². The zero-order valence-corrected chi connectivity index (χ0v) is 19.6. The molecule has 0 saturated heterocycles. The molecule has 0 spiro atoms. The fourth-order valence-corrected chi connectivity index (χ4v) is 3.38. The molecule has 6 aromatic rings. The van der Waals surface area contributed by atoms with Crippen molar-refractivity contribution in [3.63, 3.8) is 0 Å². The van der Waals surface area contributed by atoms with Gasteiger partial charge in [-0.3, -0.25) is 0 Å². The van der Waals surface area contributed by atoms with Gasteiger partial charge in [0.2, 0.25) is 11.7 Å². The third-order valence-electron chi connectivity index (χ3n) is 4.84. The minimum atomic E-state index is -0.556. The number of benzene rings is 2. The number of hydrogen-bond acceptors (Lipinski definition) is 4. The Morgan fingerprint density at radius 1 is 0.697 bits per heavy atom. The van der Waals surface area contributed by atoms with E-state index in [2.05, 4.69) is 27.1 Å². The Morgan fingerprint density at radius 2 is 1.45 bits per heavy atom. The molecule has 0 amide bonds. The summed E-state index contributed by atoms with van der Waals surface area (Å²) in [6.07, 6.45) is 3.50. The molecule has 0 saturated carbocycles. The summed E-state index contributed by atoms with van der Waals surface area (Å²) in [5, 5.41) is 1.67. The van der Waals surface area contributed by atoms with Crippen LogP contribution in [0.4, 0.5) is 4.39 Å². The minimum Gasteiger partial charge on any atom is -0.486 e. The first-order valence-corrected chi connectivity index (χ1v) is 9.98. The maximum absolute atomic E-state index is 13.2. The molecule has 163 valence electrons. The number of rotatable bonds is 2. The maximum atomic E-state index is 13.2. The first-order valence-electron chi connectivity index (χ1n) is 9.98. The SMILES string of the molecule is Fc1ccc2c(n1)oc1c(-c3ccccn3)[c-]ccc12.[Ir].[c-]1ccccc1-c1ccccn1. The van der Waals surface area contributed by atoms with E-state index in [1.54, 1.807) is 18.5 Å². The predicted molar refractivity (Wildman–Crippen MR) is 122 cm³/mol. The molecule has 0 atom stereocenters. The van der Waals surface area contributed by atoms with E-state index >= 15 is 0 Å². The van der Waals surface area contributed by atoms with Crippen LogP contribution in [-0.2, 0) is 20.1 Å². The van der Waals surface area contributed by atoms with Crippen LogP contribution in [0.1, 0.15) is 0 Å². The molecular formula is C27H16FIrN3O-2. The molecule has 0 fully saturated rings. The molecule has 0 N–H and O–H groups in total. The molecule has 33 heavy (non-hydrogen) atoms. The Labute approximate surface area is 203 Å². The summed E-state index contributed by atoms with van der Waals surface area (Å²) in [6, 6.07) is 32.3. The normalized spacial score (nSPS) is 10.3. The third kappa shape index (κ3) is 4.87. The van der Waals surface area contributed by atoms with Gasteiger partial charge in [-0.2, -0.15) is 9.37 Å². The molecule has 2 aromatic carbocycles. The van der Waals surface area contributed by atoms with Crippen LogP contribution in [0.3, 0.4) is 0 Å². The molecule has 0 aliphatic heterocycles. The molecule has 0 aliphatic carbocycles. The minimum absolute atomic E-state index is 0. The zero-order valence-electron chi connectivity index (χ0n) is 17.2. The molecule has 0 bridgehead atoms. The Bertz CT molecular complexity index is 1440. The van der Waals surface area contributed by atoms with E-state index in [0.29, 0.717) is 5.58 Å². The van der Waals surface area contributed by atoms with E-state index in [1.807, 2.05) is 72.8 Å². The molecule has 1 radical (unpaired) electrons. The summed E-state index contributed by atoms with van der Waals surface area (Å²) < 4.78 is 18.9. The Hall–Kier alpha value is -3.73. The van der Waals surface area contributed by atoms with Gasteiger partial charge in [0.15, 0.2) is 0 Å². The van der Waals surface area contributed by atoms with Crippen LogP contribution in [0.2, 0.25) is 0 Å². The number of aromatic nitrogens is 3. The number of halogens is 1. The molecule has 0 aliphatic rings. The number of hydrogen-bond donors (Lipinski definition) is 0. The molecule has 4 aromatic heterocycles. The van der Waals surface area contributed by atoms with Crippen LogP contribution in [0, 0.1) is 18.1 Å². The summed E-state index contributed by atoms with van der Waals surface area (Å²) in [5.41, 5.74) is 4.44. The monoisotopic (exact) mass is 610 g/mol. The predicted octanol–water partition coefficient (Wildman–Crippen LogP) is 6.53. The Kier molecular flexibility index (Phi) is 6.98. The average molecular weight is 610 g/mol. The molecule has 4 nitrogen and oxygen atoms in total. The molecule has 4 heterocycles. The van der Waals surface area contributed by atoms with E-state index in [-0.39, 0.29) is 25.8 Å². The van der Waals surface area contributed by atoms with E-state index in [0.717, 1.165) is 33.3 Å². The van der Waals surface area contributed by atoms with Crippen molar-refractivity contribution in [3.8, 4) is 22.5 Å². The van der Waals surface area contributed by atoms with Crippen LogP contribution < -0.4 is 0 Å². The largest absolute Gasteiger partial charge is 0.486 e. The van der Waals surface area contributed by atoms with Crippen LogP contribution in [0.15, 0.2) is 102 Å². The van der Waals surface area contributed by atoms with Crippen LogP contribution in [0.25, 0.3) is 44.6 Å². The van der Waals surface area contributed by atoms with Gasteiger partial charge in [0.1, 0.15) is 0 Å². The van der Waals surface area contributed by atoms with Gasteiger partial charge in [0, 0.05) is 37.9 Å². The second-order valence-corrected chi connectivity index (χ2v) is 6.89. The first-order chi connectivity index (χ1) is 15.8. The van der Waals surface area contributed by atoms with Gasteiger partial charge in [-0.25, -0.2) is 0 Å². The van der Waals surface area contributed by atoms with Gasteiger partial charge in [-0.1, -0.05) is 35.2 Å². The number of furan rings is 1. The van der Waals surface area contributed by atoms with E-state index < -0.39 is 5.95 Å². The summed E-state index contributed by atoms with van der Waals surface area (Å²) in [5.74, 6) is -0.556. The van der Waals surface area contributed by atoms with Crippen molar-refractivity contribution < 1.29 is 28.9 Å². The Balaban J connectivity index is 0.000000172. The van der Waals surface area contributed by atoms with Crippen molar-refractivity contribution in [3.05, 3.63) is 115 Å². The molecule has 6 rings (SSSR count). The van der Waals surface area contributed by atoms with Crippen LogP contribution in [-0.4, -0.2) is 15.0 Å². The van der Waals surface area contributed by atoms with Crippen molar-refractivity contribution in [2.24, 2.45) is 0 Å². The summed E-state index contributed by atoms with van der Waals surface area (Å²) in [6.45, 7) is 0. The van der Waals surface area contributed by atoms with Crippen molar-refractivity contribution in [2.45, 2.75) is 0 Å². The first kappa shape index (κ1) is 22.5. The Morgan fingerprint density at radius 3 is 2.15 bits per heavy atom. The summed E-state index contributed by atoms with van der Waals surface area (Å²) in [4.78, 5) is 12.3. The van der Waals surface area contributed by atoms with Gasteiger partial charge in [0.25, 0.3) is 0 Å². The third-order valence-corrected chi connectivity index (χ3v) is 4.84. The van der Waals surface area contributed by atoms with Crippen molar-refractivity contribution >= 4 is 22.1 Å². The summed E-state index contributed by atoms with van der Waals surface area (Å²) >= 11 is 0. The smallest absolute Gasteiger partial charge is 0.218 e. The van der Waals surface area contributed by atoms with Crippen LogP contribution >= 0.6 is 0 Å². The maximum Gasteiger partial charge on any atom is 0.218 e. The fourth-order valence-electron chi connectivity index (χ4n) is 3.38. The van der Waals surface area contributed by atoms with Crippen molar-refractivity contribution in [2.75, 3.05) is 0 Å². The van der Waals surface area contributed by atoms with E-state index in [4.69, 9.17) is 4.42 Å². The standard InChI is InChI=1S/C16H8FN2O.C11H8N.Ir/c17-14-8-7-11-10-4-3-5-12(13-6-1-2-9-18-13)15(10)20-16(11)19-14;1-2-6-10(7-3-1)11-8-4-5-9-12-11;/h1-4,6-9H;1-6,8-9H;/q2*-1;. The number of nitrogens with zero attached hydrogens (tertiary/aromatic N) is 3. The van der Waals surface area contributed by atoms with Gasteiger partial charge < -0.3 is 14.4 Å². The van der Waals surface area contributed by atoms with Gasteiger partial charge in [-0.15, -0.1) is 54.1 Å². The molecule has 6 heteroatoms. The zero-order chi connectivity index (χ0) is 21.8. The molecule has 0 unspecified atom stereocenters. The number of pyridine rings is 3. The van der Waals surface area contributed by atoms with E-state index in [9.17, 15) is 4.39 Å². The average Bonchev–Trinajstić information content (AvgIpc) is 3.24. The van der Waals surface area contributed by atoms with E-state index in [1.165, 1.54) is 6.07 Å². The van der Waals surface area contributed by atoms with Crippen LogP contribution in [0.5, 0.6) is 0 Å². The molecular weight excluding hydrogens is 594 g/mol. The second kappa shape index (κ2) is 10.3. The number of fused-ring (bicyclic) bond motifs is 3. The van der Waals surface area contributed by atoms with Crippen molar-refractivity contribution in [1.29, 1.82) is 0 Å². The van der Waals surface area contributed by atoms with Gasteiger partial charge in [0.05, 0.1) is 5.58 Å². The summed E-state index contributed by atoms with van der Waals surface area (Å²) in [7, 11) is 0.